The number of carbonyl (C=O) groups excluding carboxylic acids is 1. The van der Waals surface area contributed by atoms with Crippen LogP contribution in [0.4, 0.5) is 5.69 Å². The molecule has 0 aliphatic rings. The lowest BCUT2D eigenvalue weighted by atomic mass is 10.1. The van der Waals surface area contributed by atoms with Crippen molar-refractivity contribution in [3.8, 4) is 5.69 Å². The van der Waals surface area contributed by atoms with Crippen molar-refractivity contribution >= 4 is 34.8 Å². The maximum Gasteiger partial charge on any atom is 0.224 e. The number of nitrogens with one attached hydrogen (secondary N) is 1. The molecule has 24 heavy (non-hydrogen) atoms. The van der Waals surface area contributed by atoms with Gasteiger partial charge in [-0.15, -0.1) is 5.10 Å². The molecular weight excluding hydrogens is 349 g/mol. The molecule has 1 amide bonds. The molecule has 0 unspecified atom stereocenters. The first-order chi connectivity index (χ1) is 11.6. The minimum atomic E-state index is -0.0961. The van der Waals surface area contributed by atoms with Crippen molar-refractivity contribution in [3.05, 3.63) is 64.4 Å². The molecule has 0 aliphatic carbocycles. The van der Waals surface area contributed by atoms with Gasteiger partial charge in [0.05, 0.1) is 15.7 Å². The molecule has 1 aromatic heterocycles. The van der Waals surface area contributed by atoms with E-state index in [-0.39, 0.29) is 5.91 Å². The zero-order valence-corrected chi connectivity index (χ0v) is 14.0. The summed E-state index contributed by atoms with van der Waals surface area (Å²) in [7, 11) is 0. The van der Waals surface area contributed by atoms with Crippen LogP contribution in [0.3, 0.4) is 0 Å². The minimum Gasteiger partial charge on any atom is -0.326 e. The van der Waals surface area contributed by atoms with Crippen LogP contribution in [0.25, 0.3) is 5.69 Å². The summed E-state index contributed by atoms with van der Waals surface area (Å²) in [4.78, 5) is 12.1. The van der Waals surface area contributed by atoms with Crippen LogP contribution >= 0.6 is 23.2 Å². The van der Waals surface area contributed by atoms with Crippen molar-refractivity contribution in [2.45, 2.75) is 12.8 Å². The summed E-state index contributed by atoms with van der Waals surface area (Å²) in [5, 5.41) is 14.8. The van der Waals surface area contributed by atoms with E-state index in [9.17, 15) is 4.79 Å². The molecule has 6 nitrogen and oxygen atoms in total. The second-order valence-electron chi connectivity index (χ2n) is 5.06. The molecule has 0 aliphatic heterocycles. The highest BCUT2D eigenvalue weighted by Crippen LogP contribution is 2.26. The van der Waals surface area contributed by atoms with Crippen LogP contribution in [0.5, 0.6) is 0 Å². The predicted molar refractivity (Wildman–Crippen MR) is 92.6 cm³/mol. The van der Waals surface area contributed by atoms with Crippen molar-refractivity contribution < 1.29 is 4.79 Å². The number of rotatable bonds is 5. The number of tetrazole rings is 1. The monoisotopic (exact) mass is 361 g/mol. The maximum absolute atomic E-state index is 12.1. The molecule has 1 heterocycles. The molecule has 0 fully saturated rings. The molecule has 3 aromatic rings. The fourth-order valence-corrected chi connectivity index (χ4v) is 2.60. The van der Waals surface area contributed by atoms with Crippen molar-refractivity contribution in [2.75, 3.05) is 5.32 Å². The zero-order chi connectivity index (χ0) is 16.9. The SMILES string of the molecule is O=C(CCc1cccc(Cl)c1Cl)Nc1ccc(-n2cnnn2)cc1. The van der Waals surface area contributed by atoms with Gasteiger partial charge in [-0.1, -0.05) is 35.3 Å². The van der Waals surface area contributed by atoms with Gasteiger partial charge < -0.3 is 5.32 Å². The minimum absolute atomic E-state index is 0.0961. The second-order valence-corrected chi connectivity index (χ2v) is 5.85. The zero-order valence-electron chi connectivity index (χ0n) is 12.5. The standard InChI is InChI=1S/C16H13Cl2N5O/c17-14-3-1-2-11(16(14)18)4-9-15(24)20-12-5-7-13(8-6-12)23-10-19-21-22-23/h1-3,5-8,10H,4,9H2,(H,20,24). The number of hydrogen-bond donors (Lipinski definition) is 1. The van der Waals surface area contributed by atoms with Gasteiger partial charge in [0, 0.05) is 12.1 Å². The van der Waals surface area contributed by atoms with Gasteiger partial charge in [0.15, 0.2) is 0 Å². The first-order valence-corrected chi connectivity index (χ1v) is 7.95. The van der Waals surface area contributed by atoms with Gasteiger partial charge in [-0.2, -0.15) is 0 Å². The molecule has 3 rings (SSSR count). The van der Waals surface area contributed by atoms with Crippen LogP contribution < -0.4 is 5.32 Å². The topological polar surface area (TPSA) is 72.7 Å². The molecule has 0 atom stereocenters. The van der Waals surface area contributed by atoms with Gasteiger partial charge in [0.2, 0.25) is 5.91 Å². The normalized spacial score (nSPS) is 10.6. The number of aryl methyl sites for hydroxylation is 1. The summed E-state index contributed by atoms with van der Waals surface area (Å²) >= 11 is 12.1. The largest absolute Gasteiger partial charge is 0.326 e. The Morgan fingerprint density at radius 2 is 1.92 bits per heavy atom. The first kappa shape index (κ1) is 16.4. The Balaban J connectivity index is 1.58. The molecule has 8 heteroatoms. The fourth-order valence-electron chi connectivity index (χ4n) is 2.19. The number of halogens is 2. The molecule has 0 radical (unpaired) electrons. The Kier molecular flexibility index (Phi) is 5.08. The number of anilines is 1. The number of aromatic nitrogens is 4. The van der Waals surface area contributed by atoms with Gasteiger partial charge in [0.25, 0.3) is 0 Å². The number of carbonyl (C=O) groups is 1. The van der Waals surface area contributed by atoms with Gasteiger partial charge in [-0.3, -0.25) is 4.79 Å². The molecule has 2 aromatic carbocycles. The third-order valence-corrected chi connectivity index (χ3v) is 4.28. The van der Waals surface area contributed by atoms with Crippen LogP contribution in [0.1, 0.15) is 12.0 Å². The van der Waals surface area contributed by atoms with Gasteiger partial charge in [-0.05, 0) is 52.7 Å². The first-order valence-electron chi connectivity index (χ1n) is 7.19. The van der Waals surface area contributed by atoms with Gasteiger partial charge >= 0.3 is 0 Å². The summed E-state index contributed by atoms with van der Waals surface area (Å²) in [5.74, 6) is -0.0961. The molecular formula is C16H13Cl2N5O. The Morgan fingerprint density at radius 1 is 1.12 bits per heavy atom. The van der Waals surface area contributed by atoms with E-state index in [0.29, 0.717) is 28.6 Å². The number of hydrogen-bond acceptors (Lipinski definition) is 4. The van der Waals surface area contributed by atoms with E-state index in [1.807, 2.05) is 24.3 Å². The highest BCUT2D eigenvalue weighted by Gasteiger charge is 2.08. The predicted octanol–water partition coefficient (Wildman–Crippen LogP) is 3.54. The summed E-state index contributed by atoms with van der Waals surface area (Å²) in [5.41, 5.74) is 2.37. The smallest absolute Gasteiger partial charge is 0.224 e. The summed E-state index contributed by atoms with van der Waals surface area (Å²) in [6, 6.07) is 12.6. The Morgan fingerprint density at radius 3 is 2.62 bits per heavy atom. The maximum atomic E-state index is 12.1. The highest BCUT2D eigenvalue weighted by molar-refractivity contribution is 6.42. The summed E-state index contributed by atoms with van der Waals surface area (Å²) < 4.78 is 1.53. The van der Waals surface area contributed by atoms with E-state index in [4.69, 9.17) is 23.2 Å². The average molecular weight is 362 g/mol. The Bertz CT molecular complexity index is 834. The second kappa shape index (κ2) is 7.42. The molecule has 1 N–H and O–H groups in total. The lowest BCUT2D eigenvalue weighted by Gasteiger charge is -2.08. The molecule has 0 saturated carbocycles. The van der Waals surface area contributed by atoms with Crippen LogP contribution in [0.2, 0.25) is 10.0 Å². The lowest BCUT2D eigenvalue weighted by molar-refractivity contribution is -0.116. The fraction of sp³-hybridized carbons (Fsp3) is 0.125. The quantitative estimate of drug-likeness (QED) is 0.754. The van der Waals surface area contributed by atoms with Crippen molar-refractivity contribution in [1.29, 1.82) is 0 Å². The van der Waals surface area contributed by atoms with Crippen LogP contribution in [0, 0.1) is 0 Å². The number of amides is 1. The lowest BCUT2D eigenvalue weighted by Crippen LogP contribution is -2.12. The van der Waals surface area contributed by atoms with E-state index in [1.54, 1.807) is 18.2 Å². The van der Waals surface area contributed by atoms with E-state index in [2.05, 4.69) is 20.8 Å². The van der Waals surface area contributed by atoms with Crippen molar-refractivity contribution in [1.82, 2.24) is 20.2 Å². The van der Waals surface area contributed by atoms with E-state index < -0.39 is 0 Å². The average Bonchev–Trinajstić information content (AvgIpc) is 3.11. The highest BCUT2D eigenvalue weighted by atomic mass is 35.5. The van der Waals surface area contributed by atoms with E-state index >= 15 is 0 Å². The van der Waals surface area contributed by atoms with Crippen molar-refractivity contribution in [3.63, 3.8) is 0 Å². The third kappa shape index (κ3) is 3.90. The van der Waals surface area contributed by atoms with Crippen LogP contribution in [0.15, 0.2) is 48.8 Å². The van der Waals surface area contributed by atoms with Gasteiger partial charge in [0.1, 0.15) is 6.33 Å². The molecule has 0 bridgehead atoms. The Labute approximate surface area is 148 Å². The van der Waals surface area contributed by atoms with Crippen LogP contribution in [-0.2, 0) is 11.2 Å². The Hall–Kier alpha value is -2.44. The molecule has 122 valence electrons. The van der Waals surface area contributed by atoms with Crippen LogP contribution in [-0.4, -0.2) is 26.1 Å². The number of nitrogens with zero attached hydrogens (tertiary/aromatic N) is 4. The third-order valence-electron chi connectivity index (χ3n) is 3.42. The summed E-state index contributed by atoms with van der Waals surface area (Å²) in [6.45, 7) is 0. The van der Waals surface area contributed by atoms with Crippen molar-refractivity contribution in [2.24, 2.45) is 0 Å². The van der Waals surface area contributed by atoms with E-state index in [0.717, 1.165) is 11.3 Å². The molecule has 0 saturated heterocycles. The van der Waals surface area contributed by atoms with E-state index in [1.165, 1.54) is 11.0 Å². The summed E-state index contributed by atoms with van der Waals surface area (Å²) in [6.07, 6.45) is 2.34. The number of benzene rings is 2. The van der Waals surface area contributed by atoms with Gasteiger partial charge in [-0.25, -0.2) is 4.68 Å². The molecule has 0 spiro atoms.